The molecule has 2 rings (SSSR count). The van der Waals surface area contributed by atoms with Crippen molar-refractivity contribution in [1.82, 2.24) is 9.97 Å². The van der Waals surface area contributed by atoms with E-state index in [9.17, 15) is 9.90 Å². The minimum atomic E-state index is -0.711. The fraction of sp³-hybridized carbons (Fsp3) is 0.0833. The fourth-order valence-electron chi connectivity index (χ4n) is 1.56. The minimum absolute atomic E-state index is 0.0162. The van der Waals surface area contributed by atoms with Gasteiger partial charge in [-0.1, -0.05) is 0 Å². The lowest BCUT2D eigenvalue weighted by Crippen LogP contribution is -2.21. The van der Waals surface area contributed by atoms with Gasteiger partial charge in [0.1, 0.15) is 5.75 Å². The van der Waals surface area contributed by atoms with Gasteiger partial charge in [0.2, 0.25) is 0 Å². The van der Waals surface area contributed by atoms with Crippen molar-refractivity contribution < 1.29 is 9.90 Å². The number of hydrogen-bond donors (Lipinski definition) is 5. The number of hydrogen-bond acceptors (Lipinski definition) is 7. The van der Waals surface area contributed by atoms with Crippen LogP contribution in [0.5, 0.6) is 5.75 Å². The van der Waals surface area contributed by atoms with E-state index in [0.717, 1.165) is 5.69 Å². The monoisotopic (exact) mass is 274 g/mol. The highest BCUT2D eigenvalue weighted by molar-refractivity contribution is 5.95. The first kappa shape index (κ1) is 13.6. The zero-order valence-electron chi connectivity index (χ0n) is 10.5. The molecule has 0 radical (unpaired) electrons. The normalized spacial score (nSPS) is 10.1. The third-order valence-electron chi connectivity index (χ3n) is 2.53. The van der Waals surface area contributed by atoms with Crippen molar-refractivity contribution in [2.24, 2.45) is 11.6 Å². The first-order chi connectivity index (χ1) is 9.60. The number of anilines is 2. The number of carbonyl (C=O) groups excluding carboxylic acids is 1. The molecule has 0 saturated heterocycles. The number of hydrazine groups is 1. The molecule has 7 N–H and O–H groups in total. The molecule has 0 atom stereocenters. The topological polar surface area (TPSA) is 139 Å². The van der Waals surface area contributed by atoms with E-state index in [1.807, 2.05) is 0 Å². The average Bonchev–Trinajstić information content (AvgIpc) is 2.46. The summed E-state index contributed by atoms with van der Waals surface area (Å²) >= 11 is 0. The number of benzene rings is 1. The number of nitrogens with one attached hydrogen (secondary N) is 2. The molecule has 1 aromatic carbocycles. The maximum Gasteiger partial charge on any atom is 0.271 e. The summed E-state index contributed by atoms with van der Waals surface area (Å²) in [4.78, 5) is 19.3. The maximum atomic E-state index is 11.2. The summed E-state index contributed by atoms with van der Waals surface area (Å²) in [6.45, 7) is 0.350. The summed E-state index contributed by atoms with van der Waals surface area (Å²) in [7, 11) is 0. The van der Waals surface area contributed by atoms with Crippen molar-refractivity contribution in [2.45, 2.75) is 6.54 Å². The Labute approximate surface area is 114 Å². The van der Waals surface area contributed by atoms with Gasteiger partial charge in [-0.15, -0.1) is 0 Å². The zero-order chi connectivity index (χ0) is 14.5. The van der Waals surface area contributed by atoms with Crippen LogP contribution >= 0.6 is 0 Å². The van der Waals surface area contributed by atoms with E-state index in [2.05, 4.69) is 20.7 Å². The number of phenols is 1. The second kappa shape index (κ2) is 5.85. The minimum Gasteiger partial charge on any atom is -0.508 e. The van der Waals surface area contributed by atoms with Crippen LogP contribution in [0.3, 0.4) is 0 Å². The molecule has 0 aliphatic carbocycles. The highest BCUT2D eigenvalue weighted by atomic mass is 16.3. The number of nitrogens with two attached hydrogens (primary N) is 2. The Morgan fingerprint density at radius 2 is 2.00 bits per heavy atom. The Morgan fingerprint density at radius 1 is 1.30 bits per heavy atom. The number of primary amides is 1. The molecular weight excluding hydrogens is 260 g/mol. The van der Waals surface area contributed by atoms with Gasteiger partial charge in [-0.05, 0) is 24.3 Å². The molecule has 1 amide bonds. The Hall–Kier alpha value is -2.87. The molecule has 2 aromatic rings. The number of phenolic OH excluding ortho intramolecular Hbond substituents is 1. The van der Waals surface area contributed by atoms with Crippen LogP contribution < -0.4 is 22.3 Å². The van der Waals surface area contributed by atoms with Gasteiger partial charge in [-0.3, -0.25) is 4.79 Å². The lowest BCUT2D eigenvalue weighted by Gasteiger charge is -2.08. The van der Waals surface area contributed by atoms with Crippen LogP contribution in [0.25, 0.3) is 0 Å². The SMILES string of the molecule is NNc1ncc(CNc2ccc(O)cc2)nc1C(N)=O. The Kier molecular flexibility index (Phi) is 3.96. The van der Waals surface area contributed by atoms with Crippen LogP contribution in [-0.4, -0.2) is 21.0 Å². The summed E-state index contributed by atoms with van der Waals surface area (Å²) in [6, 6.07) is 6.55. The van der Waals surface area contributed by atoms with E-state index in [4.69, 9.17) is 11.6 Å². The van der Waals surface area contributed by atoms with Crippen molar-refractivity contribution in [3.05, 3.63) is 41.9 Å². The van der Waals surface area contributed by atoms with Crippen LogP contribution in [0.4, 0.5) is 11.5 Å². The molecule has 0 aliphatic heterocycles. The molecule has 0 bridgehead atoms. The number of rotatable bonds is 5. The van der Waals surface area contributed by atoms with Gasteiger partial charge in [0, 0.05) is 5.69 Å². The Bertz CT molecular complexity index is 614. The summed E-state index contributed by atoms with van der Waals surface area (Å²) in [5.41, 5.74) is 8.77. The van der Waals surface area contributed by atoms with E-state index in [1.165, 1.54) is 6.20 Å². The van der Waals surface area contributed by atoms with Gasteiger partial charge >= 0.3 is 0 Å². The number of nitrogens with zero attached hydrogens (tertiary/aromatic N) is 2. The van der Waals surface area contributed by atoms with Gasteiger partial charge < -0.3 is 21.6 Å². The zero-order valence-corrected chi connectivity index (χ0v) is 10.5. The Morgan fingerprint density at radius 3 is 2.60 bits per heavy atom. The molecule has 20 heavy (non-hydrogen) atoms. The molecular formula is C12H14N6O2. The van der Waals surface area contributed by atoms with Crippen molar-refractivity contribution in [2.75, 3.05) is 10.7 Å². The molecule has 0 unspecified atom stereocenters. The molecule has 8 nitrogen and oxygen atoms in total. The van der Waals surface area contributed by atoms with Crippen LogP contribution in [0.2, 0.25) is 0 Å². The molecule has 104 valence electrons. The first-order valence-electron chi connectivity index (χ1n) is 5.75. The lowest BCUT2D eigenvalue weighted by atomic mass is 10.3. The van der Waals surface area contributed by atoms with E-state index < -0.39 is 5.91 Å². The molecule has 0 saturated carbocycles. The number of carbonyl (C=O) groups is 1. The third-order valence-corrected chi connectivity index (χ3v) is 2.53. The standard InChI is InChI=1S/C12H14N6O2/c13-11(20)10-12(18-14)16-6-8(17-10)5-15-7-1-3-9(19)4-2-7/h1-4,6,15,19H,5,14H2,(H2,13,20)(H,16,18). The number of nitrogen functional groups attached to an aromatic ring is 1. The highest BCUT2D eigenvalue weighted by Crippen LogP contribution is 2.15. The van der Waals surface area contributed by atoms with Crippen molar-refractivity contribution in [3.8, 4) is 5.75 Å². The fourth-order valence-corrected chi connectivity index (χ4v) is 1.56. The van der Waals surface area contributed by atoms with E-state index >= 15 is 0 Å². The summed E-state index contributed by atoms with van der Waals surface area (Å²) in [6.07, 6.45) is 1.48. The molecule has 1 aromatic heterocycles. The average molecular weight is 274 g/mol. The quantitative estimate of drug-likeness (QED) is 0.297. The van der Waals surface area contributed by atoms with Crippen LogP contribution in [0.1, 0.15) is 16.2 Å². The molecule has 0 spiro atoms. The van der Waals surface area contributed by atoms with Gasteiger partial charge in [0.25, 0.3) is 5.91 Å². The van der Waals surface area contributed by atoms with Crippen LogP contribution in [0.15, 0.2) is 30.5 Å². The van der Waals surface area contributed by atoms with E-state index in [-0.39, 0.29) is 17.3 Å². The largest absolute Gasteiger partial charge is 0.508 e. The number of amides is 1. The van der Waals surface area contributed by atoms with E-state index in [1.54, 1.807) is 24.3 Å². The van der Waals surface area contributed by atoms with Gasteiger partial charge in [-0.2, -0.15) is 0 Å². The molecule has 1 heterocycles. The van der Waals surface area contributed by atoms with Gasteiger partial charge in [0.05, 0.1) is 18.4 Å². The van der Waals surface area contributed by atoms with Crippen molar-refractivity contribution >= 4 is 17.4 Å². The second-order valence-electron chi connectivity index (χ2n) is 3.97. The van der Waals surface area contributed by atoms with Gasteiger partial charge in [-0.25, -0.2) is 15.8 Å². The molecule has 0 fully saturated rings. The summed E-state index contributed by atoms with van der Waals surface area (Å²) < 4.78 is 0. The predicted octanol–water partition coefficient (Wildman–Crippen LogP) is 0.179. The molecule has 0 aliphatic rings. The smallest absolute Gasteiger partial charge is 0.271 e. The summed E-state index contributed by atoms with van der Waals surface area (Å²) in [5, 5.41) is 12.3. The van der Waals surface area contributed by atoms with Crippen molar-refractivity contribution in [3.63, 3.8) is 0 Å². The summed E-state index contributed by atoms with van der Waals surface area (Å²) in [5.74, 6) is 4.82. The Balaban J connectivity index is 2.11. The van der Waals surface area contributed by atoms with Crippen molar-refractivity contribution in [1.29, 1.82) is 0 Å². The highest BCUT2D eigenvalue weighted by Gasteiger charge is 2.11. The first-order valence-corrected chi connectivity index (χ1v) is 5.75. The van der Waals surface area contributed by atoms with Crippen LogP contribution in [0, 0.1) is 0 Å². The van der Waals surface area contributed by atoms with E-state index in [0.29, 0.717) is 12.2 Å². The number of aromatic hydroxyl groups is 1. The maximum absolute atomic E-state index is 11.2. The van der Waals surface area contributed by atoms with Gasteiger partial charge in [0.15, 0.2) is 11.5 Å². The van der Waals surface area contributed by atoms with Crippen LogP contribution in [-0.2, 0) is 6.54 Å². The number of aromatic nitrogens is 2. The lowest BCUT2D eigenvalue weighted by molar-refractivity contribution is 0.0996. The third kappa shape index (κ3) is 3.12. The predicted molar refractivity (Wildman–Crippen MR) is 73.8 cm³/mol. The molecule has 8 heteroatoms. The second-order valence-corrected chi connectivity index (χ2v) is 3.97.